The molecular weight excluding hydrogens is 459 g/mol. The summed E-state index contributed by atoms with van der Waals surface area (Å²) < 4.78 is 0. The van der Waals surface area contributed by atoms with E-state index in [1.807, 2.05) is 13.8 Å². The average Bonchev–Trinajstić information content (AvgIpc) is 3.27. The summed E-state index contributed by atoms with van der Waals surface area (Å²) in [4.78, 5) is 33.7. The van der Waals surface area contributed by atoms with E-state index in [2.05, 4.69) is 0 Å². The monoisotopic (exact) mass is 486 g/mol. The van der Waals surface area contributed by atoms with Crippen molar-refractivity contribution in [3.8, 4) is 23.0 Å². The van der Waals surface area contributed by atoms with Crippen molar-refractivity contribution in [2.24, 2.45) is 0 Å². The van der Waals surface area contributed by atoms with Crippen LogP contribution in [0.4, 0.5) is 5.69 Å². The summed E-state index contributed by atoms with van der Waals surface area (Å²) in [6, 6.07) is 4.70. The fraction of sp³-hybridized carbons (Fsp3) is 0.318. The number of carboxylic acids is 1. The van der Waals surface area contributed by atoms with Crippen LogP contribution < -0.4 is 29.6 Å². The third-order valence-electron chi connectivity index (χ3n) is 5.11. The summed E-state index contributed by atoms with van der Waals surface area (Å²) in [5, 5.41) is 57.1. The van der Waals surface area contributed by atoms with Gasteiger partial charge in [0.1, 0.15) is 0 Å². The van der Waals surface area contributed by atoms with Crippen LogP contribution in [0.3, 0.4) is 0 Å². The molecule has 0 aromatic heterocycles. The molecule has 1 fully saturated rings. The molecule has 0 saturated carbocycles. The van der Waals surface area contributed by atoms with E-state index in [1.165, 1.54) is 12.1 Å². The van der Waals surface area contributed by atoms with Crippen LogP contribution in [0, 0.1) is 17.5 Å². The molecular formula is C22H27N2NaO9. The topological polar surface area (TPSA) is 182 Å². The molecule has 0 spiro atoms. The number of amides is 1. The second kappa shape index (κ2) is 13.0. The van der Waals surface area contributed by atoms with E-state index in [0.717, 1.165) is 25.0 Å². The number of nitrogens with zero attached hydrogens (tertiary/aromatic N) is 2. The summed E-state index contributed by atoms with van der Waals surface area (Å²) in [6.45, 7) is 4.62. The number of carbonyl (C=O) groups is 2. The fourth-order valence-corrected chi connectivity index (χ4v) is 3.60. The van der Waals surface area contributed by atoms with Crippen LogP contribution in [0.5, 0.6) is 23.0 Å². The zero-order valence-corrected chi connectivity index (χ0v) is 21.5. The maximum absolute atomic E-state index is 12.2. The van der Waals surface area contributed by atoms with E-state index in [0.29, 0.717) is 13.0 Å². The Morgan fingerprint density at radius 2 is 1.56 bits per heavy atom. The fourth-order valence-electron chi connectivity index (χ4n) is 3.60. The molecule has 1 saturated heterocycles. The number of phenols is 4. The minimum atomic E-state index is -1.09. The van der Waals surface area contributed by atoms with Gasteiger partial charge in [0, 0.05) is 30.3 Å². The maximum Gasteiger partial charge on any atom is 1.00 e. The van der Waals surface area contributed by atoms with Gasteiger partial charge in [-0.2, -0.15) is 0 Å². The second-order valence-electron chi connectivity index (χ2n) is 6.86. The first-order valence-corrected chi connectivity index (χ1v) is 9.90. The molecule has 34 heavy (non-hydrogen) atoms. The first-order valence-electron chi connectivity index (χ1n) is 9.90. The normalized spacial score (nSPS) is 15.1. The van der Waals surface area contributed by atoms with Crippen molar-refractivity contribution >= 4 is 17.6 Å². The second-order valence-corrected chi connectivity index (χ2v) is 6.86. The van der Waals surface area contributed by atoms with Crippen LogP contribution >= 0.6 is 0 Å². The number of carboxylic acid groups (broad SMARTS) is 1. The van der Waals surface area contributed by atoms with Crippen LogP contribution in [0.15, 0.2) is 24.3 Å². The Kier molecular flexibility index (Phi) is 11.9. The number of nitro groups is 1. The number of fused-ring (bicyclic) bond motifs is 2. The molecule has 2 aromatic rings. The molecule has 1 atom stereocenters. The van der Waals surface area contributed by atoms with E-state index >= 15 is 0 Å². The Labute approximate surface area is 218 Å². The molecule has 2 aliphatic heterocycles. The number of hydrogen-bond donors (Lipinski definition) is 5. The predicted octanol–water partition coefficient (Wildman–Crippen LogP) is 0.443. The molecule has 1 unspecified atom stereocenters. The van der Waals surface area contributed by atoms with Crippen molar-refractivity contribution in [2.75, 3.05) is 6.54 Å². The molecule has 5 N–H and O–H groups in total. The van der Waals surface area contributed by atoms with Gasteiger partial charge in [0.25, 0.3) is 11.6 Å². The van der Waals surface area contributed by atoms with Gasteiger partial charge in [-0.25, -0.2) is 4.79 Å². The van der Waals surface area contributed by atoms with E-state index in [9.17, 15) is 40.1 Å². The molecule has 2 aromatic carbocycles. The Balaban J connectivity index is 0.000000603. The summed E-state index contributed by atoms with van der Waals surface area (Å²) in [5.41, 5.74) is 0.0532. The SMILES string of the molecule is CC.O=C(O)c1ccc([N+](=O)[O-])cc1.O=C1c2c(O)c(O)c(O)c(O)c2CC2CCCN12.[CH3-].[Na+]. The van der Waals surface area contributed by atoms with Gasteiger partial charge in [0.15, 0.2) is 11.5 Å². The van der Waals surface area contributed by atoms with Crippen LogP contribution in [0.25, 0.3) is 0 Å². The first-order chi connectivity index (χ1) is 15.1. The number of aromatic hydroxyl groups is 4. The van der Waals surface area contributed by atoms with Gasteiger partial charge in [0.05, 0.1) is 16.1 Å². The Morgan fingerprint density at radius 3 is 2.06 bits per heavy atom. The number of phenolic OH excluding ortho intramolecular Hbond substituents is 4. The standard InChI is InChI=1S/C12H13NO5.C7H5NO4.C2H6.CH3.Na/c14-8-6-4-5-2-1-3-13(5)12(18)7(6)9(15)11(17)10(8)16;9-7(10)5-1-3-6(4-2-5)8(11)12;1-2;;/h5,14-17H,1-4H2;1-4H,(H,9,10);1-2H3;1H3;/q;;;-1;+1. The molecule has 2 aliphatic rings. The van der Waals surface area contributed by atoms with Gasteiger partial charge >= 0.3 is 35.5 Å². The van der Waals surface area contributed by atoms with Crippen LogP contribution in [0.2, 0.25) is 0 Å². The average molecular weight is 486 g/mol. The summed E-state index contributed by atoms with van der Waals surface area (Å²) in [6.07, 6.45) is 2.10. The molecule has 180 valence electrons. The van der Waals surface area contributed by atoms with Crippen LogP contribution in [-0.2, 0) is 6.42 Å². The molecule has 2 heterocycles. The van der Waals surface area contributed by atoms with E-state index < -0.39 is 39.8 Å². The third kappa shape index (κ3) is 6.10. The molecule has 1 amide bonds. The van der Waals surface area contributed by atoms with Crippen molar-refractivity contribution in [1.82, 2.24) is 4.90 Å². The van der Waals surface area contributed by atoms with Gasteiger partial charge in [0.2, 0.25) is 11.5 Å². The Hall–Kier alpha value is -3.02. The van der Waals surface area contributed by atoms with Crippen molar-refractivity contribution in [3.05, 3.63) is 58.5 Å². The Bertz CT molecular complexity index is 1010. The number of carbonyl (C=O) groups excluding carboxylic acids is 1. The van der Waals surface area contributed by atoms with E-state index in [1.54, 1.807) is 4.90 Å². The van der Waals surface area contributed by atoms with Gasteiger partial charge in [-0.15, -0.1) is 0 Å². The quantitative estimate of drug-likeness (QED) is 0.100. The number of hydrogen-bond acceptors (Lipinski definition) is 8. The van der Waals surface area contributed by atoms with Crippen molar-refractivity contribution < 1.29 is 69.6 Å². The number of non-ortho nitro benzene ring substituents is 1. The van der Waals surface area contributed by atoms with Gasteiger partial charge in [-0.1, -0.05) is 13.8 Å². The molecule has 0 radical (unpaired) electrons. The summed E-state index contributed by atoms with van der Waals surface area (Å²) in [7, 11) is 0. The van der Waals surface area contributed by atoms with Crippen LogP contribution in [0.1, 0.15) is 53.0 Å². The zero-order valence-electron chi connectivity index (χ0n) is 19.5. The predicted molar refractivity (Wildman–Crippen MR) is 119 cm³/mol. The van der Waals surface area contributed by atoms with Crippen LogP contribution in [-0.4, -0.2) is 59.8 Å². The molecule has 0 aliphatic carbocycles. The number of benzene rings is 2. The Morgan fingerprint density at radius 1 is 1.03 bits per heavy atom. The van der Waals surface area contributed by atoms with E-state index in [4.69, 9.17) is 5.11 Å². The molecule has 11 nitrogen and oxygen atoms in total. The molecule has 4 rings (SSSR count). The van der Waals surface area contributed by atoms with Gasteiger partial charge in [-0.05, 0) is 31.4 Å². The minimum Gasteiger partial charge on any atom is -0.504 e. The zero-order chi connectivity index (χ0) is 24.2. The van der Waals surface area contributed by atoms with Crippen molar-refractivity contribution in [1.29, 1.82) is 0 Å². The largest absolute Gasteiger partial charge is 1.00 e. The summed E-state index contributed by atoms with van der Waals surface area (Å²) >= 11 is 0. The van der Waals surface area contributed by atoms with Gasteiger partial charge < -0.3 is 37.9 Å². The third-order valence-corrected chi connectivity index (χ3v) is 5.11. The van der Waals surface area contributed by atoms with Gasteiger partial charge in [-0.3, -0.25) is 14.9 Å². The van der Waals surface area contributed by atoms with Crippen molar-refractivity contribution in [3.63, 3.8) is 0 Å². The maximum atomic E-state index is 12.2. The first kappa shape index (κ1) is 31.0. The van der Waals surface area contributed by atoms with Crippen molar-refractivity contribution in [2.45, 2.75) is 39.2 Å². The van der Waals surface area contributed by atoms with E-state index in [-0.39, 0.29) is 65.4 Å². The number of rotatable bonds is 2. The smallest absolute Gasteiger partial charge is 0.504 e. The molecule has 12 heteroatoms. The summed E-state index contributed by atoms with van der Waals surface area (Å²) in [5.74, 6) is -4.29. The number of aromatic carboxylic acids is 1. The molecule has 0 bridgehead atoms. The number of nitro benzene ring substituents is 1. The minimum absolute atomic E-state index is 0.